The number of carbonyl (C=O) groups is 1. The quantitative estimate of drug-likeness (QED) is 0.603. The minimum absolute atomic E-state index is 0.111. The maximum Gasteiger partial charge on any atom is 0.305 e. The maximum absolute atomic E-state index is 11.7. The van der Waals surface area contributed by atoms with Gasteiger partial charge in [0.15, 0.2) is 0 Å². The molecule has 4 rings (SSSR count). The molecule has 30 heavy (non-hydrogen) atoms. The SMILES string of the molecule is COC(=O)CC[C@@H](C)[C@@H]1CC[C@H]2[C@@H]3[C@@H](C[C@H](O)[C@@]21C)[C@@]1(C)CC[C@H](O)C[C@H]1C[C@@H]3O. The highest BCUT2D eigenvalue weighted by atomic mass is 16.5. The van der Waals surface area contributed by atoms with Crippen molar-refractivity contribution in [3.8, 4) is 0 Å². The van der Waals surface area contributed by atoms with Crippen LogP contribution in [-0.4, -0.2) is 46.7 Å². The molecule has 11 atom stereocenters. The van der Waals surface area contributed by atoms with Crippen LogP contribution in [0.4, 0.5) is 0 Å². The molecule has 0 saturated heterocycles. The Morgan fingerprint density at radius 1 is 1.07 bits per heavy atom. The van der Waals surface area contributed by atoms with Crippen molar-refractivity contribution in [3.05, 3.63) is 0 Å². The molecule has 4 fully saturated rings. The lowest BCUT2D eigenvalue weighted by molar-refractivity contribution is -0.207. The van der Waals surface area contributed by atoms with E-state index in [1.54, 1.807) is 0 Å². The Morgan fingerprint density at radius 3 is 2.50 bits per heavy atom. The minimum atomic E-state index is -0.369. The summed E-state index contributed by atoms with van der Waals surface area (Å²) in [5.74, 6) is 1.81. The molecular formula is C25H42O5. The van der Waals surface area contributed by atoms with Crippen molar-refractivity contribution in [2.75, 3.05) is 7.11 Å². The lowest BCUT2D eigenvalue weighted by Crippen LogP contribution is -2.62. The van der Waals surface area contributed by atoms with Gasteiger partial charge in [-0.05, 0) is 97.7 Å². The third-order valence-corrected chi connectivity index (χ3v) is 10.6. The number of methoxy groups -OCH3 is 1. The van der Waals surface area contributed by atoms with Gasteiger partial charge in [-0.25, -0.2) is 0 Å². The molecular weight excluding hydrogens is 380 g/mol. The van der Waals surface area contributed by atoms with Gasteiger partial charge in [0, 0.05) is 6.42 Å². The Kier molecular flexibility index (Phi) is 6.04. The van der Waals surface area contributed by atoms with Gasteiger partial charge in [0.1, 0.15) is 0 Å². The molecule has 4 aliphatic carbocycles. The molecule has 0 heterocycles. The number of hydrogen-bond donors (Lipinski definition) is 3. The van der Waals surface area contributed by atoms with Gasteiger partial charge in [-0.2, -0.15) is 0 Å². The smallest absolute Gasteiger partial charge is 0.305 e. The summed E-state index contributed by atoms with van der Waals surface area (Å²) in [5, 5.41) is 33.1. The number of hydrogen-bond acceptors (Lipinski definition) is 5. The van der Waals surface area contributed by atoms with Gasteiger partial charge in [-0.1, -0.05) is 20.8 Å². The molecule has 0 bridgehead atoms. The molecule has 0 unspecified atom stereocenters. The average molecular weight is 423 g/mol. The lowest BCUT2D eigenvalue weighted by Gasteiger charge is -2.63. The number of aliphatic hydroxyl groups is 3. The lowest BCUT2D eigenvalue weighted by atomic mass is 9.43. The predicted molar refractivity (Wildman–Crippen MR) is 114 cm³/mol. The van der Waals surface area contributed by atoms with E-state index in [0.29, 0.717) is 36.0 Å². The van der Waals surface area contributed by atoms with Crippen molar-refractivity contribution in [2.45, 2.75) is 96.9 Å². The molecule has 172 valence electrons. The maximum atomic E-state index is 11.7. The third-order valence-electron chi connectivity index (χ3n) is 10.6. The first-order valence-corrected chi connectivity index (χ1v) is 12.2. The minimum Gasteiger partial charge on any atom is -0.469 e. The van der Waals surface area contributed by atoms with Crippen molar-refractivity contribution in [3.63, 3.8) is 0 Å². The van der Waals surface area contributed by atoms with Gasteiger partial charge in [-0.15, -0.1) is 0 Å². The van der Waals surface area contributed by atoms with Crippen LogP contribution in [0.5, 0.6) is 0 Å². The molecule has 5 heteroatoms. The average Bonchev–Trinajstić information content (AvgIpc) is 3.06. The fraction of sp³-hybridized carbons (Fsp3) is 0.960. The highest BCUT2D eigenvalue weighted by Gasteiger charge is 2.65. The van der Waals surface area contributed by atoms with E-state index in [9.17, 15) is 20.1 Å². The van der Waals surface area contributed by atoms with Crippen LogP contribution in [0.15, 0.2) is 0 Å². The second-order valence-corrected chi connectivity index (χ2v) is 11.6. The van der Waals surface area contributed by atoms with E-state index in [1.807, 2.05) is 0 Å². The summed E-state index contributed by atoms with van der Waals surface area (Å²) in [6.45, 7) is 6.85. The van der Waals surface area contributed by atoms with E-state index in [1.165, 1.54) is 7.11 Å². The second kappa shape index (κ2) is 8.04. The van der Waals surface area contributed by atoms with Gasteiger partial charge in [0.25, 0.3) is 0 Å². The van der Waals surface area contributed by atoms with Gasteiger partial charge < -0.3 is 20.1 Å². The number of aliphatic hydroxyl groups excluding tert-OH is 3. The monoisotopic (exact) mass is 422 g/mol. The summed E-state index contributed by atoms with van der Waals surface area (Å²) in [6.07, 6.45) is 6.60. The van der Waals surface area contributed by atoms with Crippen LogP contribution < -0.4 is 0 Å². The van der Waals surface area contributed by atoms with Crippen molar-refractivity contribution in [1.82, 2.24) is 0 Å². The summed E-state index contributed by atoms with van der Waals surface area (Å²) >= 11 is 0. The fourth-order valence-electron chi connectivity index (χ4n) is 8.78. The molecule has 5 nitrogen and oxygen atoms in total. The van der Waals surface area contributed by atoms with E-state index < -0.39 is 0 Å². The molecule has 4 aliphatic rings. The second-order valence-electron chi connectivity index (χ2n) is 11.6. The highest BCUT2D eigenvalue weighted by molar-refractivity contribution is 5.69. The van der Waals surface area contributed by atoms with Crippen molar-refractivity contribution < 1.29 is 24.9 Å². The van der Waals surface area contributed by atoms with Crippen LogP contribution >= 0.6 is 0 Å². The fourth-order valence-corrected chi connectivity index (χ4v) is 8.78. The van der Waals surface area contributed by atoms with Gasteiger partial charge in [0.05, 0.1) is 25.4 Å². The van der Waals surface area contributed by atoms with E-state index in [0.717, 1.165) is 51.4 Å². The number of ether oxygens (including phenoxy) is 1. The van der Waals surface area contributed by atoms with Crippen LogP contribution in [0.3, 0.4) is 0 Å². The first-order valence-electron chi connectivity index (χ1n) is 12.2. The Balaban J connectivity index is 1.58. The molecule has 4 saturated carbocycles. The van der Waals surface area contributed by atoms with E-state index in [-0.39, 0.29) is 41.0 Å². The van der Waals surface area contributed by atoms with Crippen LogP contribution in [0.1, 0.15) is 78.6 Å². The summed E-state index contributed by atoms with van der Waals surface area (Å²) < 4.78 is 4.83. The molecule has 0 aromatic carbocycles. The zero-order valence-electron chi connectivity index (χ0n) is 19.2. The molecule has 0 aliphatic heterocycles. The van der Waals surface area contributed by atoms with Gasteiger partial charge in [0.2, 0.25) is 0 Å². The van der Waals surface area contributed by atoms with E-state index >= 15 is 0 Å². The zero-order valence-corrected chi connectivity index (χ0v) is 19.2. The normalized spacial score (nSPS) is 51.4. The van der Waals surface area contributed by atoms with Crippen LogP contribution in [0.2, 0.25) is 0 Å². The van der Waals surface area contributed by atoms with Crippen LogP contribution in [-0.2, 0) is 9.53 Å². The summed E-state index contributed by atoms with van der Waals surface area (Å²) in [7, 11) is 1.44. The summed E-state index contributed by atoms with van der Waals surface area (Å²) in [4.78, 5) is 11.7. The Bertz CT molecular complexity index is 651. The van der Waals surface area contributed by atoms with Gasteiger partial charge in [-0.3, -0.25) is 4.79 Å². The highest BCUT2D eigenvalue weighted by Crippen LogP contribution is 2.68. The Labute approximate surface area is 181 Å². The number of esters is 1. The molecule has 0 amide bonds. The Hall–Kier alpha value is -0.650. The van der Waals surface area contributed by atoms with Crippen molar-refractivity contribution >= 4 is 5.97 Å². The Morgan fingerprint density at radius 2 is 1.80 bits per heavy atom. The largest absolute Gasteiger partial charge is 0.469 e. The van der Waals surface area contributed by atoms with Crippen molar-refractivity contribution in [1.29, 1.82) is 0 Å². The summed E-state index contributed by atoms with van der Waals surface area (Å²) in [5.41, 5.74) is -0.0882. The van der Waals surface area contributed by atoms with E-state index in [2.05, 4.69) is 20.8 Å². The number of fused-ring (bicyclic) bond motifs is 5. The van der Waals surface area contributed by atoms with Crippen LogP contribution in [0, 0.1) is 46.3 Å². The molecule has 0 spiro atoms. The summed E-state index contributed by atoms with van der Waals surface area (Å²) in [6, 6.07) is 0. The van der Waals surface area contributed by atoms with Gasteiger partial charge >= 0.3 is 5.97 Å². The zero-order chi connectivity index (χ0) is 21.8. The molecule has 0 radical (unpaired) electrons. The van der Waals surface area contributed by atoms with Crippen LogP contribution in [0.25, 0.3) is 0 Å². The third kappa shape index (κ3) is 3.34. The topological polar surface area (TPSA) is 87.0 Å². The number of carbonyl (C=O) groups excluding carboxylic acids is 1. The first kappa shape index (κ1) is 22.5. The van der Waals surface area contributed by atoms with E-state index in [4.69, 9.17) is 4.74 Å². The molecule has 0 aromatic heterocycles. The van der Waals surface area contributed by atoms with Crippen molar-refractivity contribution in [2.24, 2.45) is 46.3 Å². The predicted octanol–water partition coefficient (Wildman–Crippen LogP) is 3.54. The standard InChI is InChI=1S/C25H42O5/c1-14(5-8-22(29)30-4)17-6-7-18-23-19(13-21(28)25(17,18)3)24(2)10-9-16(26)11-15(24)12-20(23)27/h14-21,23,26-28H,5-13H2,1-4H3/t14-,15+,16+,17+,18+,19-,20+,21+,23-,24+,25-/m1/s1. The first-order chi connectivity index (χ1) is 14.1. The molecule has 0 aromatic rings. The number of rotatable bonds is 4. The molecule has 3 N–H and O–H groups in total.